The molecule has 7 heteroatoms. The van der Waals surface area contributed by atoms with E-state index >= 15 is 0 Å². The number of aryl methyl sites for hydroxylation is 1. The van der Waals surface area contributed by atoms with Crippen LogP contribution in [0, 0.1) is 6.92 Å². The number of carbonyl (C=O) groups is 1. The maximum Gasteiger partial charge on any atom is 0.261 e. The zero-order valence-electron chi connectivity index (χ0n) is 16.7. The summed E-state index contributed by atoms with van der Waals surface area (Å²) < 4.78 is 27.4. The van der Waals surface area contributed by atoms with Gasteiger partial charge in [0.15, 0.2) is 0 Å². The standard InChI is InChI=1S/C23H23ClN2O3S/c1-3-22(19-12-8-7-9-16(19)2)25-23(27)20-14-13-17(15-21(20)24)26-30(28,29)18-10-5-4-6-11-18/h4-15,22,26H,3H2,1-2H3,(H,25,27). The van der Waals surface area contributed by atoms with Gasteiger partial charge in [0.25, 0.3) is 15.9 Å². The van der Waals surface area contributed by atoms with Crippen LogP contribution in [0.5, 0.6) is 0 Å². The van der Waals surface area contributed by atoms with E-state index in [-0.39, 0.29) is 33.1 Å². The van der Waals surface area contributed by atoms with E-state index in [0.717, 1.165) is 17.5 Å². The monoisotopic (exact) mass is 442 g/mol. The van der Waals surface area contributed by atoms with Crippen LogP contribution in [-0.2, 0) is 10.0 Å². The molecule has 30 heavy (non-hydrogen) atoms. The molecule has 1 amide bonds. The summed E-state index contributed by atoms with van der Waals surface area (Å²) in [7, 11) is -3.74. The summed E-state index contributed by atoms with van der Waals surface area (Å²) in [6, 6.07) is 20.3. The lowest BCUT2D eigenvalue weighted by Gasteiger charge is -2.20. The molecule has 0 saturated carbocycles. The fourth-order valence-electron chi connectivity index (χ4n) is 3.19. The van der Waals surface area contributed by atoms with Crippen LogP contribution in [0.1, 0.15) is 40.9 Å². The highest BCUT2D eigenvalue weighted by Gasteiger charge is 2.19. The number of halogens is 1. The molecule has 5 nitrogen and oxygen atoms in total. The first kappa shape index (κ1) is 21.9. The Morgan fingerprint density at radius 1 is 1.00 bits per heavy atom. The van der Waals surface area contributed by atoms with Gasteiger partial charge in [0.05, 0.1) is 27.2 Å². The highest BCUT2D eigenvalue weighted by atomic mass is 35.5. The molecule has 3 aromatic rings. The number of rotatable bonds is 7. The molecule has 0 spiro atoms. The third kappa shape index (κ3) is 5.01. The third-order valence-corrected chi connectivity index (χ3v) is 6.51. The SMILES string of the molecule is CCC(NC(=O)c1ccc(NS(=O)(=O)c2ccccc2)cc1Cl)c1ccccc1C. The van der Waals surface area contributed by atoms with Crippen LogP contribution < -0.4 is 10.0 Å². The normalized spacial score (nSPS) is 12.2. The van der Waals surface area contributed by atoms with Crippen LogP contribution in [0.3, 0.4) is 0 Å². The second-order valence-electron chi connectivity index (χ2n) is 6.90. The number of amides is 1. The van der Waals surface area contributed by atoms with Crippen molar-refractivity contribution in [3.05, 3.63) is 94.5 Å². The Morgan fingerprint density at radius 3 is 2.30 bits per heavy atom. The average molecular weight is 443 g/mol. The number of carbonyl (C=O) groups excluding carboxylic acids is 1. The van der Waals surface area contributed by atoms with Crippen molar-refractivity contribution < 1.29 is 13.2 Å². The fourth-order valence-corrected chi connectivity index (χ4v) is 4.53. The van der Waals surface area contributed by atoms with Crippen molar-refractivity contribution in [2.75, 3.05) is 4.72 Å². The van der Waals surface area contributed by atoms with Crippen molar-refractivity contribution in [3.8, 4) is 0 Å². The van der Waals surface area contributed by atoms with Crippen molar-refractivity contribution in [1.82, 2.24) is 5.32 Å². The molecule has 2 N–H and O–H groups in total. The smallest absolute Gasteiger partial charge is 0.261 e. The van der Waals surface area contributed by atoms with Gasteiger partial charge in [-0.1, -0.05) is 61.0 Å². The van der Waals surface area contributed by atoms with Crippen LogP contribution in [0.25, 0.3) is 0 Å². The van der Waals surface area contributed by atoms with Crippen LogP contribution >= 0.6 is 11.6 Å². The first-order valence-corrected chi connectivity index (χ1v) is 11.4. The van der Waals surface area contributed by atoms with Crippen LogP contribution in [0.15, 0.2) is 77.7 Å². The summed E-state index contributed by atoms with van der Waals surface area (Å²) in [5, 5.41) is 3.18. The summed E-state index contributed by atoms with van der Waals surface area (Å²) in [6.45, 7) is 4.01. The third-order valence-electron chi connectivity index (χ3n) is 4.80. The lowest BCUT2D eigenvalue weighted by molar-refractivity contribution is 0.0935. The second-order valence-corrected chi connectivity index (χ2v) is 8.99. The molecule has 3 aromatic carbocycles. The minimum Gasteiger partial charge on any atom is -0.345 e. The van der Waals surface area contributed by atoms with Gasteiger partial charge in [0.1, 0.15) is 0 Å². The number of hydrogen-bond acceptors (Lipinski definition) is 3. The Hall–Kier alpha value is -2.83. The Labute approximate surface area is 182 Å². The lowest BCUT2D eigenvalue weighted by Crippen LogP contribution is -2.28. The van der Waals surface area contributed by atoms with Gasteiger partial charge in [0, 0.05) is 0 Å². The highest BCUT2D eigenvalue weighted by molar-refractivity contribution is 7.92. The summed E-state index contributed by atoms with van der Waals surface area (Å²) in [6.07, 6.45) is 0.725. The van der Waals surface area contributed by atoms with Gasteiger partial charge < -0.3 is 5.32 Å². The van der Waals surface area contributed by atoms with E-state index < -0.39 is 10.0 Å². The van der Waals surface area contributed by atoms with Crippen molar-refractivity contribution >= 4 is 33.2 Å². The number of sulfonamides is 1. The molecular formula is C23H23ClN2O3S. The molecule has 0 radical (unpaired) electrons. The molecule has 156 valence electrons. The molecule has 0 fully saturated rings. The minimum atomic E-state index is -3.74. The summed E-state index contributed by atoms with van der Waals surface area (Å²) in [5.41, 5.74) is 2.72. The van der Waals surface area contributed by atoms with Gasteiger partial charge >= 0.3 is 0 Å². The van der Waals surface area contributed by atoms with Gasteiger partial charge in [-0.2, -0.15) is 0 Å². The lowest BCUT2D eigenvalue weighted by atomic mass is 9.99. The predicted octanol–water partition coefficient (Wildman–Crippen LogP) is 5.33. The van der Waals surface area contributed by atoms with Gasteiger partial charge in [0.2, 0.25) is 0 Å². The molecule has 0 saturated heterocycles. The zero-order valence-corrected chi connectivity index (χ0v) is 18.3. The number of anilines is 1. The second kappa shape index (κ2) is 9.32. The van der Waals surface area contributed by atoms with E-state index in [0.29, 0.717) is 0 Å². The molecule has 0 aliphatic carbocycles. The first-order valence-electron chi connectivity index (χ1n) is 9.55. The molecule has 0 aromatic heterocycles. The topological polar surface area (TPSA) is 75.3 Å². The van der Waals surface area contributed by atoms with Gasteiger partial charge in [-0.15, -0.1) is 0 Å². The molecular weight excluding hydrogens is 420 g/mol. The molecule has 0 aliphatic heterocycles. The number of benzene rings is 3. The van der Waals surface area contributed by atoms with Crippen molar-refractivity contribution in [2.45, 2.75) is 31.2 Å². The average Bonchev–Trinajstić information content (AvgIpc) is 2.73. The van der Waals surface area contributed by atoms with E-state index in [9.17, 15) is 13.2 Å². The fraction of sp³-hybridized carbons (Fsp3) is 0.174. The minimum absolute atomic E-state index is 0.145. The van der Waals surface area contributed by atoms with Crippen LogP contribution in [0.2, 0.25) is 5.02 Å². The Morgan fingerprint density at radius 2 is 1.67 bits per heavy atom. The highest BCUT2D eigenvalue weighted by Crippen LogP contribution is 2.25. The molecule has 1 atom stereocenters. The van der Waals surface area contributed by atoms with Crippen molar-refractivity contribution in [3.63, 3.8) is 0 Å². The summed E-state index contributed by atoms with van der Waals surface area (Å²) in [5.74, 6) is -0.312. The van der Waals surface area contributed by atoms with Crippen molar-refractivity contribution in [1.29, 1.82) is 0 Å². The van der Waals surface area contributed by atoms with Gasteiger partial charge in [-0.3, -0.25) is 9.52 Å². The summed E-state index contributed by atoms with van der Waals surface area (Å²) in [4.78, 5) is 12.9. The van der Waals surface area contributed by atoms with E-state index in [2.05, 4.69) is 10.0 Å². The molecule has 0 bridgehead atoms. The number of hydrogen-bond donors (Lipinski definition) is 2. The Balaban J connectivity index is 1.78. The maximum absolute atomic E-state index is 12.8. The van der Waals surface area contributed by atoms with Crippen molar-refractivity contribution in [2.24, 2.45) is 0 Å². The van der Waals surface area contributed by atoms with Crippen LogP contribution in [0.4, 0.5) is 5.69 Å². The summed E-state index contributed by atoms with van der Waals surface area (Å²) >= 11 is 6.31. The Kier molecular flexibility index (Phi) is 6.80. The van der Waals surface area contributed by atoms with Gasteiger partial charge in [-0.05, 0) is 54.8 Å². The van der Waals surface area contributed by atoms with Crippen LogP contribution in [-0.4, -0.2) is 14.3 Å². The quantitative estimate of drug-likeness (QED) is 0.519. The van der Waals surface area contributed by atoms with E-state index in [4.69, 9.17) is 11.6 Å². The molecule has 3 rings (SSSR count). The molecule has 0 aliphatic rings. The van der Waals surface area contributed by atoms with E-state index in [1.165, 1.54) is 30.3 Å². The number of nitrogens with one attached hydrogen (secondary N) is 2. The first-order chi connectivity index (χ1) is 14.3. The van der Waals surface area contributed by atoms with Gasteiger partial charge in [-0.25, -0.2) is 8.42 Å². The maximum atomic E-state index is 12.8. The van der Waals surface area contributed by atoms with E-state index in [1.807, 2.05) is 38.1 Å². The molecule has 1 unspecified atom stereocenters. The Bertz CT molecular complexity index is 1150. The van der Waals surface area contributed by atoms with E-state index in [1.54, 1.807) is 18.2 Å². The largest absolute Gasteiger partial charge is 0.345 e. The molecule has 0 heterocycles. The predicted molar refractivity (Wildman–Crippen MR) is 120 cm³/mol. The zero-order chi connectivity index (χ0) is 21.7.